The minimum Gasteiger partial charge on any atom is -0.480 e. The lowest BCUT2D eigenvalue weighted by Gasteiger charge is -2.12. The second kappa shape index (κ2) is 8.19. The molecule has 1 amide bonds. The van der Waals surface area contributed by atoms with Crippen molar-refractivity contribution in [3.05, 3.63) is 39.8 Å². The molecule has 2 N–H and O–H groups in total. The molecule has 8 heteroatoms. The summed E-state index contributed by atoms with van der Waals surface area (Å²) in [5.74, 6) is -1.53. The van der Waals surface area contributed by atoms with Crippen LogP contribution in [0.2, 0.25) is 0 Å². The number of hydrogen-bond donors (Lipinski definition) is 2. The molecule has 1 atom stereocenters. The highest BCUT2D eigenvalue weighted by Gasteiger charge is 2.20. The SMILES string of the molecule is COCC(NC(=O)Cc1csc(-c2cccc(Br)c2)n1)C(=O)O. The summed E-state index contributed by atoms with van der Waals surface area (Å²) in [5.41, 5.74) is 1.56. The number of halogens is 1. The summed E-state index contributed by atoms with van der Waals surface area (Å²) in [6, 6.07) is 6.66. The number of rotatable bonds is 7. The van der Waals surface area contributed by atoms with Crippen molar-refractivity contribution in [3.8, 4) is 10.6 Å². The zero-order chi connectivity index (χ0) is 16.8. The maximum atomic E-state index is 11.9. The Labute approximate surface area is 145 Å². The lowest BCUT2D eigenvalue weighted by atomic mass is 10.2. The zero-order valence-corrected chi connectivity index (χ0v) is 14.7. The van der Waals surface area contributed by atoms with Gasteiger partial charge in [0, 0.05) is 22.5 Å². The van der Waals surface area contributed by atoms with Gasteiger partial charge in [0.15, 0.2) is 6.04 Å². The van der Waals surface area contributed by atoms with Crippen molar-refractivity contribution in [1.29, 1.82) is 0 Å². The molecule has 1 unspecified atom stereocenters. The molecular weight excluding hydrogens is 384 g/mol. The van der Waals surface area contributed by atoms with Crippen molar-refractivity contribution in [2.75, 3.05) is 13.7 Å². The van der Waals surface area contributed by atoms with Gasteiger partial charge < -0.3 is 15.2 Å². The van der Waals surface area contributed by atoms with E-state index in [1.165, 1.54) is 18.4 Å². The standard InChI is InChI=1S/C15H15BrN2O4S/c1-22-7-12(15(20)21)18-13(19)6-11-8-23-14(17-11)9-3-2-4-10(16)5-9/h2-5,8,12H,6-7H2,1H3,(H,18,19)(H,20,21). The second-order valence-electron chi connectivity index (χ2n) is 4.74. The van der Waals surface area contributed by atoms with Crippen LogP contribution in [0.4, 0.5) is 0 Å². The molecule has 0 saturated heterocycles. The van der Waals surface area contributed by atoms with Crippen LogP contribution in [0.15, 0.2) is 34.1 Å². The number of aromatic nitrogens is 1. The molecule has 0 radical (unpaired) electrons. The monoisotopic (exact) mass is 398 g/mol. The Kier molecular flexibility index (Phi) is 6.26. The van der Waals surface area contributed by atoms with Crippen molar-refractivity contribution < 1.29 is 19.4 Å². The van der Waals surface area contributed by atoms with Gasteiger partial charge in [0.05, 0.1) is 18.7 Å². The number of carbonyl (C=O) groups is 2. The molecule has 0 saturated carbocycles. The summed E-state index contributed by atoms with van der Waals surface area (Å²) in [7, 11) is 1.38. The van der Waals surface area contributed by atoms with Crippen molar-refractivity contribution in [1.82, 2.24) is 10.3 Å². The van der Waals surface area contributed by atoms with E-state index in [2.05, 4.69) is 26.2 Å². The average Bonchev–Trinajstić information content (AvgIpc) is 2.95. The van der Waals surface area contributed by atoms with Crippen molar-refractivity contribution in [2.45, 2.75) is 12.5 Å². The summed E-state index contributed by atoms with van der Waals surface area (Å²) in [6.07, 6.45) is 0.0258. The lowest BCUT2D eigenvalue weighted by molar-refractivity contribution is -0.143. The predicted molar refractivity (Wildman–Crippen MR) is 90.4 cm³/mol. The lowest BCUT2D eigenvalue weighted by Crippen LogP contribution is -2.44. The molecule has 1 aromatic carbocycles. The van der Waals surface area contributed by atoms with Crippen LogP contribution in [0, 0.1) is 0 Å². The first-order valence-electron chi connectivity index (χ1n) is 6.71. The Morgan fingerprint density at radius 3 is 2.91 bits per heavy atom. The van der Waals surface area contributed by atoms with E-state index in [4.69, 9.17) is 9.84 Å². The highest BCUT2D eigenvalue weighted by Crippen LogP contribution is 2.26. The Morgan fingerprint density at radius 1 is 1.48 bits per heavy atom. The molecule has 0 aliphatic rings. The smallest absolute Gasteiger partial charge is 0.328 e. The molecule has 2 rings (SSSR count). The molecule has 0 fully saturated rings. The third-order valence-corrected chi connectivity index (χ3v) is 4.37. The number of nitrogens with zero attached hydrogens (tertiary/aromatic N) is 1. The third-order valence-electron chi connectivity index (χ3n) is 2.93. The predicted octanol–water partition coefficient (Wildman–Crippen LogP) is 2.33. The molecule has 0 spiro atoms. The highest BCUT2D eigenvalue weighted by atomic mass is 79.9. The van der Waals surface area contributed by atoms with Gasteiger partial charge >= 0.3 is 5.97 Å². The molecular formula is C15H15BrN2O4S. The van der Waals surface area contributed by atoms with Crippen LogP contribution in [0.25, 0.3) is 10.6 Å². The molecule has 0 bridgehead atoms. The topological polar surface area (TPSA) is 88.5 Å². The Balaban J connectivity index is 2.01. The van der Waals surface area contributed by atoms with Crippen LogP contribution in [0.5, 0.6) is 0 Å². The van der Waals surface area contributed by atoms with Gasteiger partial charge in [0.2, 0.25) is 5.91 Å². The fourth-order valence-electron chi connectivity index (χ4n) is 1.89. The number of carboxylic acids is 1. The van der Waals surface area contributed by atoms with Gasteiger partial charge in [0.1, 0.15) is 5.01 Å². The van der Waals surface area contributed by atoms with Crippen LogP contribution >= 0.6 is 27.3 Å². The fraction of sp³-hybridized carbons (Fsp3) is 0.267. The van der Waals surface area contributed by atoms with Gasteiger partial charge in [-0.2, -0.15) is 0 Å². The van der Waals surface area contributed by atoms with Crippen molar-refractivity contribution in [3.63, 3.8) is 0 Å². The van der Waals surface area contributed by atoms with E-state index in [9.17, 15) is 9.59 Å². The Morgan fingerprint density at radius 2 is 2.26 bits per heavy atom. The van der Waals surface area contributed by atoms with Gasteiger partial charge in [-0.15, -0.1) is 11.3 Å². The quantitative estimate of drug-likeness (QED) is 0.746. The number of thiazole rings is 1. The number of ether oxygens (including phenoxy) is 1. The molecule has 23 heavy (non-hydrogen) atoms. The molecule has 0 aliphatic heterocycles. The van der Waals surface area contributed by atoms with E-state index in [-0.39, 0.29) is 13.0 Å². The average molecular weight is 399 g/mol. The van der Waals surface area contributed by atoms with E-state index in [1.54, 1.807) is 5.38 Å². The van der Waals surface area contributed by atoms with Crippen LogP contribution in [0.1, 0.15) is 5.69 Å². The number of nitrogens with one attached hydrogen (secondary N) is 1. The van der Waals surface area contributed by atoms with Gasteiger partial charge in [-0.3, -0.25) is 4.79 Å². The maximum absolute atomic E-state index is 11.9. The minimum absolute atomic E-state index is 0.0258. The summed E-state index contributed by atoms with van der Waals surface area (Å²) in [4.78, 5) is 27.3. The number of carbonyl (C=O) groups excluding carboxylic acids is 1. The first-order chi connectivity index (χ1) is 11.0. The number of carboxylic acid groups (broad SMARTS) is 1. The van der Waals surface area contributed by atoms with Crippen LogP contribution in [-0.2, 0) is 20.7 Å². The van der Waals surface area contributed by atoms with Gasteiger partial charge in [-0.05, 0) is 12.1 Å². The molecule has 2 aromatic rings. The van der Waals surface area contributed by atoms with Gasteiger partial charge in [-0.1, -0.05) is 28.1 Å². The molecule has 0 aliphatic carbocycles. The maximum Gasteiger partial charge on any atom is 0.328 e. The van der Waals surface area contributed by atoms with E-state index in [0.29, 0.717) is 5.69 Å². The summed E-state index contributed by atoms with van der Waals surface area (Å²) < 4.78 is 5.73. The Bertz CT molecular complexity index is 704. The van der Waals surface area contributed by atoms with E-state index >= 15 is 0 Å². The van der Waals surface area contributed by atoms with Gasteiger partial charge in [-0.25, -0.2) is 9.78 Å². The molecule has 122 valence electrons. The number of aliphatic carboxylic acids is 1. The summed E-state index contributed by atoms with van der Waals surface area (Å²) in [5, 5.41) is 14.0. The summed E-state index contributed by atoms with van der Waals surface area (Å²) >= 11 is 4.84. The van der Waals surface area contributed by atoms with Crippen LogP contribution in [-0.4, -0.2) is 41.7 Å². The highest BCUT2D eigenvalue weighted by molar-refractivity contribution is 9.10. The second-order valence-corrected chi connectivity index (χ2v) is 6.52. The summed E-state index contributed by atoms with van der Waals surface area (Å²) in [6.45, 7) is -0.0819. The first kappa shape index (κ1) is 17.6. The van der Waals surface area contributed by atoms with Crippen LogP contribution < -0.4 is 5.32 Å². The van der Waals surface area contributed by atoms with Gasteiger partial charge in [0.25, 0.3) is 0 Å². The normalized spacial score (nSPS) is 11.9. The van der Waals surface area contributed by atoms with E-state index < -0.39 is 17.9 Å². The molecule has 1 aromatic heterocycles. The van der Waals surface area contributed by atoms with E-state index in [1.807, 2.05) is 24.3 Å². The van der Waals surface area contributed by atoms with Crippen LogP contribution in [0.3, 0.4) is 0 Å². The number of amides is 1. The third kappa shape index (κ3) is 5.12. The van der Waals surface area contributed by atoms with E-state index in [0.717, 1.165) is 15.0 Å². The van der Waals surface area contributed by atoms with Crippen molar-refractivity contribution in [2.24, 2.45) is 0 Å². The number of benzene rings is 1. The molecule has 1 heterocycles. The fourth-order valence-corrected chi connectivity index (χ4v) is 3.11. The Hall–Kier alpha value is -1.77. The number of hydrogen-bond acceptors (Lipinski definition) is 5. The van der Waals surface area contributed by atoms with Crippen molar-refractivity contribution >= 4 is 39.1 Å². The first-order valence-corrected chi connectivity index (χ1v) is 8.38. The largest absolute Gasteiger partial charge is 0.480 e. The minimum atomic E-state index is -1.13. The zero-order valence-electron chi connectivity index (χ0n) is 12.3. The molecule has 6 nitrogen and oxygen atoms in total. The number of methoxy groups -OCH3 is 1.